The number of hydrogen-bond donors (Lipinski definition) is 2. The molecule has 0 bridgehead atoms. The Morgan fingerprint density at radius 2 is 1.97 bits per heavy atom. The summed E-state index contributed by atoms with van der Waals surface area (Å²) in [7, 11) is 2.17. The van der Waals surface area contributed by atoms with Gasteiger partial charge in [-0.3, -0.25) is 0 Å². The zero-order valence-electron chi connectivity index (χ0n) is 19.8. The maximum atomic E-state index is 6.18. The molecule has 2 aliphatic rings. The van der Waals surface area contributed by atoms with Crippen LogP contribution in [0.5, 0.6) is 5.75 Å². The van der Waals surface area contributed by atoms with Gasteiger partial charge in [-0.15, -0.1) is 0 Å². The van der Waals surface area contributed by atoms with E-state index in [9.17, 15) is 0 Å². The maximum absolute atomic E-state index is 6.18. The van der Waals surface area contributed by atoms with Gasteiger partial charge in [-0.2, -0.15) is 0 Å². The van der Waals surface area contributed by atoms with Gasteiger partial charge in [-0.25, -0.2) is 9.98 Å². The smallest absolute Gasteiger partial charge is 0.192 e. The molecule has 0 aliphatic carbocycles. The van der Waals surface area contributed by atoms with Gasteiger partial charge >= 0.3 is 0 Å². The zero-order valence-corrected chi connectivity index (χ0v) is 19.8. The van der Waals surface area contributed by atoms with Crippen LogP contribution < -0.4 is 20.3 Å². The number of guanidine groups is 1. The summed E-state index contributed by atoms with van der Waals surface area (Å²) in [5.74, 6) is 2.81. The summed E-state index contributed by atoms with van der Waals surface area (Å²) in [5.41, 5.74) is 2.11. The van der Waals surface area contributed by atoms with Gasteiger partial charge < -0.3 is 25.2 Å². The summed E-state index contributed by atoms with van der Waals surface area (Å²) >= 11 is 0. The molecule has 0 saturated carbocycles. The molecule has 4 rings (SSSR count). The predicted molar refractivity (Wildman–Crippen MR) is 130 cm³/mol. The molecule has 7 heteroatoms. The van der Waals surface area contributed by atoms with Crippen LogP contribution in [0.2, 0.25) is 0 Å². The number of para-hydroxylation sites is 1. The molecule has 2 aromatic rings. The number of pyridine rings is 1. The van der Waals surface area contributed by atoms with Crippen molar-refractivity contribution in [1.82, 2.24) is 20.5 Å². The Morgan fingerprint density at radius 3 is 2.75 bits per heavy atom. The normalized spacial score (nSPS) is 20.9. The minimum atomic E-state index is -0.230. The van der Waals surface area contributed by atoms with Gasteiger partial charge in [-0.1, -0.05) is 18.2 Å². The Morgan fingerprint density at radius 1 is 1.19 bits per heavy atom. The number of aromatic nitrogens is 1. The van der Waals surface area contributed by atoms with Crippen LogP contribution in [0, 0.1) is 0 Å². The Bertz CT molecular complexity index is 936. The first-order chi connectivity index (χ1) is 15.4. The van der Waals surface area contributed by atoms with Gasteiger partial charge in [0.1, 0.15) is 17.2 Å². The number of rotatable bonds is 5. The lowest BCUT2D eigenvalue weighted by Crippen LogP contribution is -2.45. The first-order valence-electron chi connectivity index (χ1n) is 11.6. The number of nitrogens with one attached hydrogen (secondary N) is 2. The van der Waals surface area contributed by atoms with Crippen LogP contribution in [-0.4, -0.2) is 61.2 Å². The highest BCUT2D eigenvalue weighted by Gasteiger charge is 2.34. The number of likely N-dealkylation sites (N-methyl/N-ethyl adjacent to an activating group) is 1. The second-order valence-corrected chi connectivity index (χ2v) is 9.31. The number of anilines is 1. The van der Waals surface area contributed by atoms with Crippen molar-refractivity contribution in [2.45, 2.75) is 45.4 Å². The first-order valence-corrected chi connectivity index (χ1v) is 11.6. The lowest BCUT2D eigenvalue weighted by atomic mass is 9.90. The van der Waals surface area contributed by atoms with E-state index in [2.05, 4.69) is 77.5 Å². The van der Waals surface area contributed by atoms with Crippen molar-refractivity contribution >= 4 is 11.8 Å². The highest BCUT2D eigenvalue weighted by molar-refractivity contribution is 5.80. The predicted octanol–water partition coefficient (Wildman–Crippen LogP) is 3.19. The second-order valence-electron chi connectivity index (χ2n) is 9.31. The largest absolute Gasteiger partial charge is 0.487 e. The summed E-state index contributed by atoms with van der Waals surface area (Å²) in [4.78, 5) is 14.2. The summed E-state index contributed by atoms with van der Waals surface area (Å²) < 4.78 is 6.18. The summed E-state index contributed by atoms with van der Waals surface area (Å²) in [5, 5.41) is 7.06. The van der Waals surface area contributed by atoms with Crippen molar-refractivity contribution in [3.8, 4) is 5.75 Å². The van der Waals surface area contributed by atoms with Crippen molar-refractivity contribution in [1.29, 1.82) is 0 Å². The third-order valence-corrected chi connectivity index (χ3v) is 6.09. The van der Waals surface area contributed by atoms with E-state index in [1.807, 2.05) is 18.3 Å². The van der Waals surface area contributed by atoms with E-state index in [0.717, 1.165) is 56.7 Å². The number of benzene rings is 1. The third kappa shape index (κ3) is 5.51. The molecular formula is C25H36N6O. The minimum absolute atomic E-state index is 0.145. The fourth-order valence-corrected chi connectivity index (χ4v) is 4.35. The SMILES string of the molecule is CCNC(=NCc1ccnc(N2CCN(C)CC2)c1)NC1CC(C)(C)Oc2ccccc21. The average molecular weight is 437 g/mol. The zero-order chi connectivity index (χ0) is 22.6. The summed E-state index contributed by atoms with van der Waals surface area (Å²) in [6, 6.07) is 12.6. The van der Waals surface area contributed by atoms with Gasteiger partial charge in [0.25, 0.3) is 0 Å². The van der Waals surface area contributed by atoms with Crippen LogP contribution in [0.25, 0.3) is 0 Å². The van der Waals surface area contributed by atoms with E-state index < -0.39 is 0 Å². The first kappa shape index (κ1) is 22.4. The Balaban J connectivity index is 1.48. The average Bonchev–Trinajstić information content (AvgIpc) is 2.77. The molecule has 2 aliphatic heterocycles. The number of piperazine rings is 1. The van der Waals surface area contributed by atoms with E-state index in [-0.39, 0.29) is 11.6 Å². The molecule has 0 amide bonds. The Hall–Kier alpha value is -2.80. The van der Waals surface area contributed by atoms with Crippen molar-refractivity contribution in [2.24, 2.45) is 4.99 Å². The lowest BCUT2D eigenvalue weighted by molar-refractivity contribution is 0.0694. The Kier molecular flexibility index (Phi) is 6.84. The molecule has 1 atom stereocenters. The van der Waals surface area contributed by atoms with Crippen LogP contribution in [0.15, 0.2) is 47.6 Å². The topological polar surface area (TPSA) is 65.0 Å². The fraction of sp³-hybridized carbons (Fsp3) is 0.520. The van der Waals surface area contributed by atoms with Crippen LogP contribution in [0.3, 0.4) is 0 Å². The molecular weight excluding hydrogens is 400 g/mol. The van der Waals surface area contributed by atoms with Gasteiger partial charge in [0, 0.05) is 50.9 Å². The highest BCUT2D eigenvalue weighted by atomic mass is 16.5. The van der Waals surface area contributed by atoms with E-state index in [1.54, 1.807) is 0 Å². The summed E-state index contributed by atoms with van der Waals surface area (Å²) in [6.07, 6.45) is 2.77. The number of aliphatic imine (C=N–C) groups is 1. The fourth-order valence-electron chi connectivity index (χ4n) is 4.35. The number of nitrogens with zero attached hydrogens (tertiary/aromatic N) is 4. The van der Waals surface area contributed by atoms with Crippen molar-refractivity contribution < 1.29 is 4.74 Å². The monoisotopic (exact) mass is 436 g/mol. The molecule has 32 heavy (non-hydrogen) atoms. The van der Waals surface area contributed by atoms with Gasteiger partial charge in [0.05, 0.1) is 12.6 Å². The van der Waals surface area contributed by atoms with Crippen LogP contribution in [-0.2, 0) is 6.54 Å². The quantitative estimate of drug-likeness (QED) is 0.554. The third-order valence-electron chi connectivity index (χ3n) is 6.09. The van der Waals surface area contributed by atoms with E-state index >= 15 is 0 Å². The molecule has 1 aromatic carbocycles. The molecule has 0 radical (unpaired) electrons. The van der Waals surface area contributed by atoms with Crippen molar-refractivity contribution in [3.63, 3.8) is 0 Å². The molecule has 172 valence electrons. The molecule has 1 fully saturated rings. The molecule has 3 heterocycles. The standard InChI is InChI=1S/C25H36N6O/c1-5-26-24(29-21-17-25(2,3)32-22-9-7-6-8-20(21)22)28-18-19-10-11-27-23(16-19)31-14-12-30(4)13-15-31/h6-11,16,21H,5,12-15,17-18H2,1-4H3,(H2,26,28,29). The van der Waals surface area contributed by atoms with Crippen molar-refractivity contribution in [2.75, 3.05) is 44.7 Å². The lowest BCUT2D eigenvalue weighted by Gasteiger charge is -2.38. The van der Waals surface area contributed by atoms with Crippen molar-refractivity contribution in [3.05, 3.63) is 53.7 Å². The van der Waals surface area contributed by atoms with Crippen LogP contribution >= 0.6 is 0 Å². The second kappa shape index (κ2) is 9.77. The molecule has 1 unspecified atom stereocenters. The molecule has 2 N–H and O–H groups in total. The number of fused-ring (bicyclic) bond motifs is 1. The molecule has 0 spiro atoms. The van der Waals surface area contributed by atoms with Crippen LogP contribution in [0.1, 0.15) is 44.4 Å². The maximum Gasteiger partial charge on any atom is 0.192 e. The van der Waals surface area contributed by atoms with E-state index in [0.29, 0.717) is 6.54 Å². The van der Waals surface area contributed by atoms with Gasteiger partial charge in [0.2, 0.25) is 0 Å². The number of hydrogen-bond acceptors (Lipinski definition) is 5. The van der Waals surface area contributed by atoms with Crippen LogP contribution in [0.4, 0.5) is 5.82 Å². The number of ether oxygens (including phenoxy) is 1. The Labute approximate surface area is 191 Å². The van der Waals surface area contributed by atoms with Gasteiger partial charge in [-0.05, 0) is 51.6 Å². The minimum Gasteiger partial charge on any atom is -0.487 e. The molecule has 1 saturated heterocycles. The van der Waals surface area contributed by atoms with Gasteiger partial charge in [0.15, 0.2) is 5.96 Å². The summed E-state index contributed by atoms with van der Waals surface area (Å²) in [6.45, 7) is 11.9. The van der Waals surface area contributed by atoms with E-state index in [4.69, 9.17) is 9.73 Å². The molecule has 7 nitrogen and oxygen atoms in total. The van der Waals surface area contributed by atoms with E-state index in [1.165, 1.54) is 11.1 Å². The molecule has 1 aromatic heterocycles. The highest BCUT2D eigenvalue weighted by Crippen LogP contribution is 2.39.